The molecule has 3 aromatic carbocycles. The second-order valence-corrected chi connectivity index (χ2v) is 10.3. The molecule has 0 atom stereocenters. The Labute approximate surface area is 217 Å². The van der Waals surface area contributed by atoms with Crippen molar-refractivity contribution < 1.29 is 22.3 Å². The molecule has 0 saturated carbocycles. The minimum atomic E-state index is -3.92. The number of hydrogen-bond acceptors (Lipinski definition) is 5. The molecule has 8 heteroatoms. The van der Waals surface area contributed by atoms with E-state index in [9.17, 15) is 0 Å². The van der Waals surface area contributed by atoms with Gasteiger partial charge in [-0.1, -0.05) is 48.0 Å². The van der Waals surface area contributed by atoms with Crippen LogP contribution in [0.1, 0.15) is 16.8 Å². The number of anilines is 1. The molecule has 0 fully saturated rings. The molecular weight excluding hydrogens is 496 g/mol. The SMILES string of the molecule is CN(C)c1ccc2c(ccc(/C=C/c3ccc(OCc4ccccc4)c(Cl)c3)[n+]2C)c1.CS(=O)(=O)[O-]. The summed E-state index contributed by atoms with van der Waals surface area (Å²) in [5.41, 5.74) is 5.64. The normalized spacial score (nSPS) is 11.3. The molecule has 4 rings (SSSR count). The first-order valence-electron chi connectivity index (χ1n) is 11.2. The van der Waals surface area contributed by atoms with Crippen molar-refractivity contribution >= 4 is 50.5 Å². The maximum Gasteiger partial charge on any atom is 0.212 e. The number of benzene rings is 3. The summed E-state index contributed by atoms with van der Waals surface area (Å²) in [6.07, 6.45) is 4.78. The Bertz CT molecular complexity index is 1460. The van der Waals surface area contributed by atoms with E-state index in [1.807, 2.05) is 48.5 Å². The summed E-state index contributed by atoms with van der Waals surface area (Å²) < 4.78 is 35.3. The largest absolute Gasteiger partial charge is 0.748 e. The van der Waals surface area contributed by atoms with Crippen LogP contribution >= 0.6 is 11.6 Å². The molecule has 188 valence electrons. The van der Waals surface area contributed by atoms with E-state index in [0.717, 1.165) is 16.8 Å². The van der Waals surface area contributed by atoms with Crippen LogP contribution in [0, 0.1) is 0 Å². The van der Waals surface area contributed by atoms with Gasteiger partial charge >= 0.3 is 0 Å². The van der Waals surface area contributed by atoms with Crippen molar-refractivity contribution in [2.75, 3.05) is 25.3 Å². The first-order valence-corrected chi connectivity index (χ1v) is 13.4. The summed E-state index contributed by atoms with van der Waals surface area (Å²) in [5.74, 6) is 0.690. The fourth-order valence-corrected chi connectivity index (χ4v) is 3.75. The molecule has 36 heavy (non-hydrogen) atoms. The Morgan fingerprint density at radius 1 is 0.972 bits per heavy atom. The number of aromatic nitrogens is 1. The number of fused-ring (bicyclic) bond motifs is 1. The highest BCUT2D eigenvalue weighted by atomic mass is 35.5. The van der Waals surface area contributed by atoms with Crippen LogP contribution in [0.4, 0.5) is 5.69 Å². The minimum absolute atomic E-state index is 0.498. The molecule has 4 aromatic rings. The number of hydrogen-bond donors (Lipinski definition) is 0. The Hall–Kier alpha value is -3.39. The van der Waals surface area contributed by atoms with E-state index in [-0.39, 0.29) is 0 Å². The summed E-state index contributed by atoms with van der Waals surface area (Å²) in [6.45, 7) is 0.498. The van der Waals surface area contributed by atoms with E-state index in [1.54, 1.807) is 0 Å². The van der Waals surface area contributed by atoms with Gasteiger partial charge in [-0.2, -0.15) is 4.57 Å². The van der Waals surface area contributed by atoms with Crippen LogP contribution < -0.4 is 14.2 Å². The molecular formula is C28H29ClN2O4S. The van der Waals surface area contributed by atoms with Crippen molar-refractivity contribution in [3.63, 3.8) is 0 Å². The lowest BCUT2D eigenvalue weighted by atomic mass is 10.1. The van der Waals surface area contributed by atoms with Gasteiger partial charge in [-0.25, -0.2) is 8.42 Å². The van der Waals surface area contributed by atoms with Gasteiger partial charge in [-0.3, -0.25) is 0 Å². The molecule has 1 heterocycles. The molecule has 0 aliphatic rings. The molecule has 0 unspecified atom stereocenters. The standard InChI is InChI=1S/C27H26ClN2O.CH4O3S/c1-29(2)24-14-15-26-22(18-24)11-13-23(30(26)3)12-9-20-10-16-27(25(28)17-20)31-19-21-7-5-4-6-8-21;1-5(2,3)4/h4-18H,19H2,1-3H3;1H3,(H,2,3,4)/q+1;/p-1/b12-9+;. The summed E-state index contributed by atoms with van der Waals surface area (Å²) in [5, 5.41) is 1.82. The number of ether oxygens (including phenoxy) is 1. The van der Waals surface area contributed by atoms with Gasteiger partial charge in [0.25, 0.3) is 0 Å². The van der Waals surface area contributed by atoms with Gasteiger partial charge in [-0.15, -0.1) is 0 Å². The van der Waals surface area contributed by atoms with Crippen LogP contribution in [0.3, 0.4) is 0 Å². The molecule has 0 aliphatic heterocycles. The summed E-state index contributed by atoms with van der Waals surface area (Å²) >= 11 is 6.46. The Morgan fingerprint density at radius 3 is 2.31 bits per heavy atom. The number of halogens is 1. The first kappa shape index (κ1) is 27.2. The van der Waals surface area contributed by atoms with Crippen LogP contribution in [0.5, 0.6) is 5.75 Å². The van der Waals surface area contributed by atoms with Gasteiger partial charge < -0.3 is 14.2 Å². The molecule has 6 nitrogen and oxygen atoms in total. The molecule has 0 amide bonds. The van der Waals surface area contributed by atoms with Crippen LogP contribution in [-0.4, -0.2) is 33.3 Å². The third-order valence-corrected chi connectivity index (χ3v) is 5.64. The second-order valence-electron chi connectivity index (χ2n) is 8.46. The average molecular weight is 525 g/mol. The smallest absolute Gasteiger partial charge is 0.212 e. The van der Waals surface area contributed by atoms with E-state index < -0.39 is 10.1 Å². The van der Waals surface area contributed by atoms with Gasteiger partial charge in [0.2, 0.25) is 11.2 Å². The van der Waals surface area contributed by atoms with Crippen LogP contribution in [0.15, 0.2) is 78.9 Å². The molecule has 0 spiro atoms. The number of nitrogens with zero attached hydrogens (tertiary/aromatic N) is 2. The zero-order chi connectivity index (χ0) is 26.3. The summed E-state index contributed by atoms with van der Waals surface area (Å²) in [6, 6.07) is 26.8. The highest BCUT2D eigenvalue weighted by molar-refractivity contribution is 7.84. The zero-order valence-corrected chi connectivity index (χ0v) is 22.3. The summed E-state index contributed by atoms with van der Waals surface area (Å²) in [4.78, 5) is 2.12. The topological polar surface area (TPSA) is 73.5 Å². The van der Waals surface area contributed by atoms with Crippen molar-refractivity contribution in [2.24, 2.45) is 7.05 Å². The Kier molecular flexibility index (Phi) is 9.09. The lowest BCUT2D eigenvalue weighted by Gasteiger charge is -2.12. The predicted octanol–water partition coefficient (Wildman–Crippen LogP) is 5.29. The van der Waals surface area contributed by atoms with Gasteiger partial charge in [0.1, 0.15) is 19.4 Å². The maximum atomic E-state index is 9.08. The third-order valence-electron chi connectivity index (χ3n) is 5.35. The molecule has 1 aromatic heterocycles. The van der Waals surface area contributed by atoms with Crippen LogP contribution in [-0.2, 0) is 23.8 Å². The Morgan fingerprint density at radius 2 is 1.67 bits per heavy atom. The van der Waals surface area contributed by atoms with E-state index in [1.165, 1.54) is 16.6 Å². The van der Waals surface area contributed by atoms with E-state index >= 15 is 0 Å². The van der Waals surface area contributed by atoms with Gasteiger partial charge in [0, 0.05) is 49.6 Å². The van der Waals surface area contributed by atoms with E-state index in [2.05, 4.69) is 73.1 Å². The van der Waals surface area contributed by atoms with Crippen molar-refractivity contribution in [3.05, 3.63) is 101 Å². The lowest BCUT2D eigenvalue weighted by Crippen LogP contribution is -2.32. The van der Waals surface area contributed by atoms with E-state index in [4.69, 9.17) is 29.3 Å². The molecule has 0 bridgehead atoms. The predicted molar refractivity (Wildman–Crippen MR) is 146 cm³/mol. The van der Waals surface area contributed by atoms with Crippen molar-refractivity contribution in [2.45, 2.75) is 6.61 Å². The van der Waals surface area contributed by atoms with Crippen LogP contribution in [0.2, 0.25) is 5.02 Å². The van der Waals surface area contributed by atoms with Gasteiger partial charge in [0.05, 0.1) is 15.1 Å². The average Bonchev–Trinajstić information content (AvgIpc) is 2.82. The molecule has 0 radical (unpaired) electrons. The first-order chi connectivity index (χ1) is 17.0. The number of aryl methyl sites for hydroxylation is 1. The number of pyridine rings is 1. The Balaban J connectivity index is 0.000000658. The monoisotopic (exact) mass is 524 g/mol. The highest BCUT2D eigenvalue weighted by Gasteiger charge is 2.11. The fraction of sp³-hybridized carbons (Fsp3) is 0.179. The highest BCUT2D eigenvalue weighted by Crippen LogP contribution is 2.27. The number of rotatable bonds is 6. The van der Waals surface area contributed by atoms with Crippen molar-refractivity contribution in [1.29, 1.82) is 0 Å². The van der Waals surface area contributed by atoms with E-state index in [0.29, 0.717) is 23.6 Å². The second kappa shape index (κ2) is 12.0. The van der Waals surface area contributed by atoms with Crippen molar-refractivity contribution in [3.8, 4) is 5.75 Å². The van der Waals surface area contributed by atoms with Crippen molar-refractivity contribution in [1.82, 2.24) is 0 Å². The summed E-state index contributed by atoms with van der Waals surface area (Å²) in [7, 11) is 2.29. The van der Waals surface area contributed by atoms with Crippen LogP contribution in [0.25, 0.3) is 23.1 Å². The maximum absolute atomic E-state index is 9.08. The molecule has 0 saturated heterocycles. The quantitative estimate of drug-likeness (QED) is 0.253. The zero-order valence-electron chi connectivity index (χ0n) is 20.7. The fourth-order valence-electron chi connectivity index (χ4n) is 3.51. The van der Waals surface area contributed by atoms with Gasteiger partial charge in [0.15, 0.2) is 0 Å². The molecule has 0 aliphatic carbocycles. The molecule has 0 N–H and O–H groups in total. The van der Waals surface area contributed by atoms with Gasteiger partial charge in [-0.05, 0) is 47.5 Å². The minimum Gasteiger partial charge on any atom is -0.748 e. The lowest BCUT2D eigenvalue weighted by molar-refractivity contribution is -0.646. The third kappa shape index (κ3) is 8.09.